The summed E-state index contributed by atoms with van der Waals surface area (Å²) >= 11 is 5.03. The van der Waals surface area contributed by atoms with E-state index in [0.29, 0.717) is 11.3 Å². The topological polar surface area (TPSA) is 49.8 Å². The Bertz CT molecular complexity index is 525. The van der Waals surface area contributed by atoms with Gasteiger partial charge in [-0.05, 0) is 23.6 Å². The maximum atomic E-state index is 8.93. The lowest BCUT2D eigenvalue weighted by atomic mass is 10.1. The molecule has 2 rings (SSSR count). The number of fused-ring (bicyclic) bond motifs is 1. The van der Waals surface area contributed by atoms with Crippen LogP contribution in [-0.4, -0.2) is 0 Å². The first-order valence-corrected chi connectivity index (χ1v) is 5.96. The van der Waals surface area contributed by atoms with Crippen molar-refractivity contribution in [2.45, 2.75) is 5.33 Å². The lowest BCUT2D eigenvalue weighted by Crippen LogP contribution is -1.85. The lowest BCUT2D eigenvalue weighted by Gasteiger charge is -1.95. The number of nitrogens with two attached hydrogens (primary N) is 1. The van der Waals surface area contributed by atoms with Crippen molar-refractivity contribution in [3.63, 3.8) is 0 Å². The number of nitriles is 1. The predicted octanol–water partition coefficient (Wildman–Crippen LogP) is 3.25. The summed E-state index contributed by atoms with van der Waals surface area (Å²) in [4.78, 5) is 1.21. The molecule has 0 saturated heterocycles. The Morgan fingerprint density at radius 3 is 2.86 bits per heavy atom. The van der Waals surface area contributed by atoms with Crippen LogP contribution < -0.4 is 5.73 Å². The van der Waals surface area contributed by atoms with Crippen molar-refractivity contribution < 1.29 is 0 Å². The Kier molecular flexibility index (Phi) is 2.44. The van der Waals surface area contributed by atoms with Crippen LogP contribution >= 0.6 is 27.3 Å². The van der Waals surface area contributed by atoms with Crippen molar-refractivity contribution in [3.8, 4) is 6.07 Å². The molecule has 0 aliphatic carbocycles. The zero-order valence-corrected chi connectivity index (χ0v) is 9.65. The van der Waals surface area contributed by atoms with E-state index in [4.69, 9.17) is 11.0 Å². The van der Waals surface area contributed by atoms with Crippen LogP contribution in [0.1, 0.15) is 10.4 Å². The maximum Gasteiger partial charge on any atom is 0.101 e. The van der Waals surface area contributed by atoms with E-state index in [1.54, 1.807) is 17.4 Å². The number of thiophene rings is 1. The van der Waals surface area contributed by atoms with Gasteiger partial charge in [0.25, 0.3) is 0 Å². The molecule has 0 saturated carbocycles. The van der Waals surface area contributed by atoms with Gasteiger partial charge in [0.1, 0.15) is 6.07 Å². The van der Waals surface area contributed by atoms with Crippen molar-refractivity contribution in [3.05, 3.63) is 28.6 Å². The van der Waals surface area contributed by atoms with Crippen LogP contribution in [0.15, 0.2) is 18.2 Å². The predicted molar refractivity (Wildman–Crippen MR) is 63.6 cm³/mol. The first kappa shape index (κ1) is 9.50. The largest absolute Gasteiger partial charge is 0.399 e. The fraction of sp³-hybridized carbons (Fsp3) is 0.100. The highest BCUT2D eigenvalue weighted by Gasteiger charge is 2.06. The highest BCUT2D eigenvalue weighted by atomic mass is 79.9. The third kappa shape index (κ3) is 1.49. The van der Waals surface area contributed by atoms with E-state index in [2.05, 4.69) is 28.1 Å². The Balaban J connectivity index is 2.79. The molecule has 0 atom stereocenters. The van der Waals surface area contributed by atoms with Gasteiger partial charge in [-0.3, -0.25) is 0 Å². The van der Waals surface area contributed by atoms with Gasteiger partial charge >= 0.3 is 0 Å². The molecule has 0 spiro atoms. The molecule has 0 bridgehead atoms. The van der Waals surface area contributed by atoms with Crippen LogP contribution in [0, 0.1) is 11.3 Å². The minimum atomic E-state index is 0.646. The summed E-state index contributed by atoms with van der Waals surface area (Å²) in [5, 5.41) is 10.8. The van der Waals surface area contributed by atoms with Gasteiger partial charge in [-0.2, -0.15) is 5.26 Å². The Labute approximate surface area is 94.1 Å². The van der Waals surface area contributed by atoms with Gasteiger partial charge in [0.05, 0.1) is 10.3 Å². The maximum absolute atomic E-state index is 8.93. The van der Waals surface area contributed by atoms with Crippen molar-refractivity contribution in [1.29, 1.82) is 5.26 Å². The summed E-state index contributed by atoms with van der Waals surface area (Å²) in [6, 6.07) is 7.85. The van der Waals surface area contributed by atoms with E-state index >= 15 is 0 Å². The number of rotatable bonds is 1. The molecule has 0 aliphatic rings. The van der Waals surface area contributed by atoms with Gasteiger partial charge in [-0.1, -0.05) is 15.9 Å². The number of hydrogen-bond acceptors (Lipinski definition) is 3. The average molecular weight is 267 g/mol. The smallest absolute Gasteiger partial charge is 0.101 e. The molecule has 0 unspecified atom stereocenters. The molecule has 2 nitrogen and oxygen atoms in total. The summed E-state index contributed by atoms with van der Waals surface area (Å²) in [7, 11) is 0. The number of benzene rings is 1. The molecule has 0 aliphatic heterocycles. The van der Waals surface area contributed by atoms with Gasteiger partial charge in [0.2, 0.25) is 0 Å². The molecule has 1 heterocycles. The number of halogens is 1. The number of nitrogen functional groups attached to an aromatic ring is 1. The quantitative estimate of drug-likeness (QED) is 0.637. The van der Waals surface area contributed by atoms with Gasteiger partial charge in [0, 0.05) is 15.9 Å². The molecular weight excluding hydrogens is 260 g/mol. The molecule has 2 aromatic rings. The average Bonchev–Trinajstić information content (AvgIpc) is 2.59. The van der Waals surface area contributed by atoms with Crippen LogP contribution in [0.2, 0.25) is 0 Å². The van der Waals surface area contributed by atoms with Crippen LogP contribution in [0.4, 0.5) is 5.69 Å². The number of anilines is 1. The minimum absolute atomic E-state index is 0.646. The Hall–Kier alpha value is -1.05. The second kappa shape index (κ2) is 3.60. The van der Waals surface area contributed by atoms with Crippen molar-refractivity contribution in [2.75, 3.05) is 5.73 Å². The third-order valence-electron chi connectivity index (χ3n) is 1.94. The molecular formula is C10H7BrN2S. The SMILES string of the molecule is N#Cc1cc(N)cc2cc(CBr)sc12. The van der Waals surface area contributed by atoms with E-state index in [1.807, 2.05) is 6.07 Å². The first-order chi connectivity index (χ1) is 6.74. The fourth-order valence-electron chi connectivity index (χ4n) is 1.38. The summed E-state index contributed by atoms with van der Waals surface area (Å²) in [6.07, 6.45) is 0. The second-order valence-corrected chi connectivity index (χ2v) is 4.64. The van der Waals surface area contributed by atoms with E-state index < -0.39 is 0 Å². The second-order valence-electron chi connectivity index (χ2n) is 2.94. The number of nitrogens with zero attached hydrogens (tertiary/aromatic N) is 1. The Morgan fingerprint density at radius 1 is 1.43 bits per heavy atom. The fourth-order valence-corrected chi connectivity index (χ4v) is 2.84. The van der Waals surface area contributed by atoms with Gasteiger partial charge in [-0.25, -0.2) is 0 Å². The van der Waals surface area contributed by atoms with E-state index in [9.17, 15) is 0 Å². The Morgan fingerprint density at radius 2 is 2.21 bits per heavy atom. The molecule has 2 N–H and O–H groups in total. The molecule has 14 heavy (non-hydrogen) atoms. The zero-order valence-electron chi connectivity index (χ0n) is 7.25. The van der Waals surface area contributed by atoms with Gasteiger partial charge in [0.15, 0.2) is 0 Å². The summed E-state index contributed by atoms with van der Waals surface area (Å²) in [5.74, 6) is 0. The molecule has 70 valence electrons. The van der Waals surface area contributed by atoms with Gasteiger partial charge in [-0.15, -0.1) is 11.3 Å². The normalized spacial score (nSPS) is 10.3. The first-order valence-electron chi connectivity index (χ1n) is 4.02. The standard InChI is InChI=1S/C10H7BrN2S/c11-4-9-3-6-1-8(13)2-7(5-12)10(6)14-9/h1-3H,4,13H2. The molecule has 0 radical (unpaired) electrons. The van der Waals surface area contributed by atoms with E-state index in [1.165, 1.54) is 4.88 Å². The van der Waals surface area contributed by atoms with Crippen LogP contribution in [0.5, 0.6) is 0 Å². The minimum Gasteiger partial charge on any atom is -0.399 e. The zero-order chi connectivity index (χ0) is 10.1. The van der Waals surface area contributed by atoms with Crippen LogP contribution in [0.25, 0.3) is 10.1 Å². The molecule has 4 heteroatoms. The van der Waals surface area contributed by atoms with Gasteiger partial charge < -0.3 is 5.73 Å². The molecule has 0 fully saturated rings. The van der Waals surface area contributed by atoms with Crippen molar-refractivity contribution in [1.82, 2.24) is 0 Å². The van der Waals surface area contributed by atoms with E-state index in [0.717, 1.165) is 15.4 Å². The number of hydrogen-bond donors (Lipinski definition) is 1. The van der Waals surface area contributed by atoms with Crippen molar-refractivity contribution in [2.24, 2.45) is 0 Å². The molecule has 1 aromatic carbocycles. The van der Waals surface area contributed by atoms with Crippen molar-refractivity contribution >= 4 is 43.0 Å². The molecule has 0 amide bonds. The van der Waals surface area contributed by atoms with E-state index in [-0.39, 0.29) is 0 Å². The van der Waals surface area contributed by atoms with Crippen LogP contribution in [0.3, 0.4) is 0 Å². The molecule has 1 aromatic heterocycles. The van der Waals surface area contributed by atoms with Crippen LogP contribution in [-0.2, 0) is 5.33 Å². The summed E-state index contributed by atoms with van der Waals surface area (Å²) in [5.41, 5.74) is 7.00. The lowest BCUT2D eigenvalue weighted by molar-refractivity contribution is 1.51. The number of alkyl halides is 1. The highest BCUT2D eigenvalue weighted by Crippen LogP contribution is 2.31. The third-order valence-corrected chi connectivity index (χ3v) is 4.10. The monoisotopic (exact) mass is 266 g/mol. The summed E-state index contributed by atoms with van der Waals surface area (Å²) < 4.78 is 1.02. The summed E-state index contributed by atoms with van der Waals surface area (Å²) in [6.45, 7) is 0. The highest BCUT2D eigenvalue weighted by molar-refractivity contribution is 9.08.